The van der Waals surface area contributed by atoms with Gasteiger partial charge in [0.05, 0.1) is 29.9 Å². The van der Waals surface area contributed by atoms with E-state index in [1.165, 1.54) is 6.42 Å². The Hall–Kier alpha value is -3.76. The average molecular weight is 587 g/mol. The number of carbonyl (C=O) groups is 2. The Balaban J connectivity index is 1.30. The highest BCUT2D eigenvalue weighted by atomic mass is 16.6. The number of ketones is 1. The van der Waals surface area contributed by atoms with Crippen LogP contribution < -0.4 is 15.0 Å². The Labute approximate surface area is 250 Å². The Kier molecular flexibility index (Phi) is 7.01. The first-order valence-electron chi connectivity index (χ1n) is 15.4. The maximum atomic E-state index is 14.0. The van der Waals surface area contributed by atoms with Crippen LogP contribution in [0.15, 0.2) is 23.0 Å². The van der Waals surface area contributed by atoms with E-state index >= 15 is 0 Å². The van der Waals surface area contributed by atoms with Crippen molar-refractivity contribution in [1.29, 1.82) is 0 Å². The van der Waals surface area contributed by atoms with E-state index in [0.717, 1.165) is 48.0 Å². The smallest absolute Gasteiger partial charge is 0.308 e. The highest BCUT2D eigenvalue weighted by Gasteiger charge is 2.51. The van der Waals surface area contributed by atoms with Crippen molar-refractivity contribution in [2.24, 2.45) is 0 Å². The van der Waals surface area contributed by atoms with Gasteiger partial charge in [-0.3, -0.25) is 14.4 Å². The van der Waals surface area contributed by atoms with Gasteiger partial charge in [-0.05, 0) is 64.1 Å². The summed E-state index contributed by atoms with van der Waals surface area (Å²) in [7, 11) is 4.03. The van der Waals surface area contributed by atoms with Gasteiger partial charge >= 0.3 is 5.97 Å². The standard InChI is InChI=1S/C33H38N4O6/c1-4-33(43-30(39)8-11-36-9-6-5-7-10-36)24-16-26-31-23(19-37(26)32(40)21(24)15-29(33)38)22(18-35(2)3)20-14-27-28(17-25(20)34-31)42-13-12-41-27/h14,16-17H,4-13,15,18-19H2,1-3H3. The molecule has 7 rings (SSSR count). The van der Waals surface area contributed by atoms with Gasteiger partial charge in [-0.1, -0.05) is 13.3 Å². The van der Waals surface area contributed by atoms with Crippen molar-refractivity contribution in [1.82, 2.24) is 19.4 Å². The monoisotopic (exact) mass is 586 g/mol. The van der Waals surface area contributed by atoms with Gasteiger partial charge in [0, 0.05) is 47.7 Å². The molecule has 4 aliphatic rings. The molecule has 0 amide bonds. The van der Waals surface area contributed by atoms with Gasteiger partial charge in [-0.25, -0.2) is 4.98 Å². The number of ether oxygens (including phenoxy) is 3. The second-order valence-electron chi connectivity index (χ2n) is 12.4. The Morgan fingerprint density at radius 2 is 1.79 bits per heavy atom. The highest BCUT2D eigenvalue weighted by molar-refractivity contribution is 5.97. The van der Waals surface area contributed by atoms with Gasteiger partial charge in [0.25, 0.3) is 5.56 Å². The molecular formula is C33H38N4O6. The minimum Gasteiger partial charge on any atom is -0.486 e. The molecular weight excluding hydrogens is 548 g/mol. The van der Waals surface area contributed by atoms with Crippen LogP contribution in [0.3, 0.4) is 0 Å². The largest absolute Gasteiger partial charge is 0.486 e. The third kappa shape index (κ3) is 4.62. The summed E-state index contributed by atoms with van der Waals surface area (Å²) in [5.74, 6) is 0.708. The van der Waals surface area contributed by atoms with Crippen molar-refractivity contribution in [3.8, 4) is 22.9 Å². The van der Waals surface area contributed by atoms with E-state index in [2.05, 4.69) is 9.80 Å². The van der Waals surface area contributed by atoms with Crippen molar-refractivity contribution >= 4 is 22.7 Å². The predicted molar refractivity (Wildman–Crippen MR) is 161 cm³/mol. The Bertz CT molecular complexity index is 1710. The van der Waals surface area contributed by atoms with Crippen molar-refractivity contribution in [3.05, 3.63) is 50.8 Å². The number of rotatable bonds is 7. The molecule has 2 aromatic heterocycles. The number of pyridine rings is 2. The van der Waals surface area contributed by atoms with E-state index in [1.54, 1.807) is 4.57 Å². The van der Waals surface area contributed by atoms with Crippen LogP contribution in [0.5, 0.6) is 11.5 Å². The number of nitrogens with zero attached hydrogens (tertiary/aromatic N) is 4. The molecule has 3 aromatic rings. The van der Waals surface area contributed by atoms with Crippen LogP contribution in [0.2, 0.25) is 0 Å². The Morgan fingerprint density at radius 3 is 2.51 bits per heavy atom. The van der Waals surface area contributed by atoms with Gasteiger partial charge in [0.1, 0.15) is 13.2 Å². The molecule has 0 radical (unpaired) electrons. The normalized spacial score (nSPS) is 20.8. The fourth-order valence-electron chi connectivity index (χ4n) is 7.22. The predicted octanol–water partition coefficient (Wildman–Crippen LogP) is 3.41. The van der Waals surface area contributed by atoms with Crippen molar-refractivity contribution in [2.45, 2.75) is 64.1 Å². The van der Waals surface area contributed by atoms with Gasteiger partial charge in [-0.2, -0.15) is 0 Å². The number of piperidine rings is 1. The van der Waals surface area contributed by atoms with E-state index in [1.807, 2.05) is 39.2 Å². The average Bonchev–Trinajstić information content (AvgIpc) is 3.51. The zero-order valence-electron chi connectivity index (χ0n) is 25.2. The summed E-state index contributed by atoms with van der Waals surface area (Å²) in [5, 5.41) is 0.964. The van der Waals surface area contributed by atoms with E-state index in [4.69, 9.17) is 19.2 Å². The number of likely N-dealkylation sites (tertiary alicyclic amines) is 1. The van der Waals surface area contributed by atoms with Crippen LogP contribution in [0.25, 0.3) is 22.3 Å². The molecule has 10 nitrogen and oxygen atoms in total. The lowest BCUT2D eigenvalue weighted by molar-refractivity contribution is -0.168. The summed E-state index contributed by atoms with van der Waals surface area (Å²) in [6.45, 7) is 6.40. The third-order valence-electron chi connectivity index (χ3n) is 9.39. The van der Waals surface area contributed by atoms with Crippen molar-refractivity contribution in [3.63, 3.8) is 0 Å². The van der Waals surface area contributed by atoms with Crippen LogP contribution in [0.4, 0.5) is 0 Å². The van der Waals surface area contributed by atoms with Gasteiger partial charge in [0.15, 0.2) is 22.9 Å². The Morgan fingerprint density at radius 1 is 1.05 bits per heavy atom. The molecule has 0 saturated carbocycles. The molecule has 0 bridgehead atoms. The van der Waals surface area contributed by atoms with Gasteiger partial charge in [0.2, 0.25) is 0 Å². The van der Waals surface area contributed by atoms with Crippen molar-refractivity contribution in [2.75, 3.05) is 46.9 Å². The molecule has 0 spiro atoms. The number of hydrogen-bond acceptors (Lipinski definition) is 9. The van der Waals surface area contributed by atoms with E-state index in [-0.39, 0.29) is 30.6 Å². The number of aromatic nitrogens is 2. The lowest BCUT2D eigenvalue weighted by atomic mass is 9.91. The van der Waals surface area contributed by atoms with Crippen LogP contribution in [-0.2, 0) is 39.4 Å². The molecule has 1 saturated heterocycles. The van der Waals surface area contributed by atoms with Crippen LogP contribution in [0.1, 0.15) is 61.3 Å². The van der Waals surface area contributed by atoms with Crippen LogP contribution in [0, 0.1) is 0 Å². The summed E-state index contributed by atoms with van der Waals surface area (Å²) in [4.78, 5) is 50.2. The lowest BCUT2D eigenvalue weighted by Crippen LogP contribution is -2.38. The summed E-state index contributed by atoms with van der Waals surface area (Å²) in [6.07, 6.45) is 3.94. The molecule has 1 aromatic carbocycles. The first-order valence-corrected chi connectivity index (χ1v) is 15.4. The zero-order chi connectivity index (χ0) is 29.9. The van der Waals surface area contributed by atoms with E-state index in [0.29, 0.717) is 66.9 Å². The fraction of sp³-hybridized carbons (Fsp3) is 0.515. The topological polar surface area (TPSA) is 103 Å². The first kappa shape index (κ1) is 28.0. The molecule has 226 valence electrons. The number of carbonyl (C=O) groups excluding carboxylic acids is 2. The van der Waals surface area contributed by atoms with E-state index < -0.39 is 11.6 Å². The molecule has 0 N–H and O–H groups in total. The maximum absolute atomic E-state index is 14.0. The summed E-state index contributed by atoms with van der Waals surface area (Å²) in [6, 6.07) is 5.78. The number of Topliss-reactive ketones (excluding diaryl/α,β-unsaturated/α-hetero) is 1. The van der Waals surface area contributed by atoms with Crippen molar-refractivity contribution < 1.29 is 23.8 Å². The second kappa shape index (κ2) is 10.7. The van der Waals surface area contributed by atoms with Gasteiger partial charge in [-0.15, -0.1) is 0 Å². The zero-order valence-corrected chi connectivity index (χ0v) is 25.2. The van der Waals surface area contributed by atoms with Crippen LogP contribution in [-0.4, -0.2) is 78.0 Å². The quantitative estimate of drug-likeness (QED) is 0.302. The fourth-order valence-corrected chi connectivity index (χ4v) is 7.22. The molecule has 1 aliphatic carbocycles. The molecule has 1 unspecified atom stereocenters. The summed E-state index contributed by atoms with van der Waals surface area (Å²) in [5.41, 5.74) is 3.41. The first-order chi connectivity index (χ1) is 20.8. The van der Waals surface area contributed by atoms with Crippen LogP contribution >= 0.6 is 0 Å². The molecule has 3 aliphatic heterocycles. The number of benzene rings is 1. The third-order valence-corrected chi connectivity index (χ3v) is 9.39. The number of hydrogen-bond donors (Lipinski definition) is 0. The highest BCUT2D eigenvalue weighted by Crippen LogP contribution is 2.45. The number of esters is 1. The van der Waals surface area contributed by atoms with Gasteiger partial charge < -0.3 is 28.6 Å². The molecule has 1 atom stereocenters. The summed E-state index contributed by atoms with van der Waals surface area (Å²) >= 11 is 0. The summed E-state index contributed by atoms with van der Waals surface area (Å²) < 4.78 is 19.5. The SMILES string of the molecule is CCC1(OC(=O)CCN2CCCCC2)C(=O)Cc2c1cc1n(c2=O)Cc2c-1nc1cc3c(cc1c2CN(C)C)OCCO3. The number of fused-ring (bicyclic) bond motifs is 6. The minimum atomic E-state index is -1.46. The molecule has 43 heavy (non-hydrogen) atoms. The minimum absolute atomic E-state index is 0.0423. The lowest BCUT2D eigenvalue weighted by Gasteiger charge is -2.29. The maximum Gasteiger partial charge on any atom is 0.308 e. The second-order valence-corrected chi connectivity index (χ2v) is 12.4. The molecule has 1 fully saturated rings. The molecule has 5 heterocycles. The molecule has 10 heteroatoms. The van der Waals surface area contributed by atoms with E-state index in [9.17, 15) is 14.4 Å².